The molecule has 0 bridgehead atoms. The summed E-state index contributed by atoms with van der Waals surface area (Å²) in [6.45, 7) is 5.33. The number of rotatable bonds is 8. The van der Waals surface area contributed by atoms with Crippen molar-refractivity contribution in [3.05, 3.63) is 59.7 Å². The molecular formula is C27H41ClO7. The van der Waals surface area contributed by atoms with Crippen LogP contribution in [0.15, 0.2) is 48.5 Å². The monoisotopic (exact) mass is 512 g/mol. The van der Waals surface area contributed by atoms with Crippen LogP contribution < -0.4 is 4.74 Å². The summed E-state index contributed by atoms with van der Waals surface area (Å²) in [4.78, 5) is 21.5. The average Bonchev–Trinajstić information content (AvgIpc) is 3.38. The van der Waals surface area contributed by atoms with E-state index >= 15 is 0 Å². The van der Waals surface area contributed by atoms with Gasteiger partial charge in [-0.05, 0) is 62.1 Å². The van der Waals surface area contributed by atoms with E-state index in [0.29, 0.717) is 18.9 Å². The maximum atomic E-state index is 10.9. The maximum absolute atomic E-state index is 10.9. The highest BCUT2D eigenvalue weighted by atomic mass is 35.5. The minimum Gasteiger partial charge on any atom is -0.508 e. The van der Waals surface area contributed by atoms with Crippen LogP contribution in [0.25, 0.3) is 0 Å². The van der Waals surface area contributed by atoms with Crippen LogP contribution in [0.1, 0.15) is 45.2 Å². The molecule has 0 radical (unpaired) electrons. The highest BCUT2D eigenvalue weighted by Crippen LogP contribution is 2.14. The van der Waals surface area contributed by atoms with Gasteiger partial charge in [-0.25, -0.2) is 0 Å². The van der Waals surface area contributed by atoms with Crippen molar-refractivity contribution < 1.29 is 33.6 Å². The highest BCUT2D eigenvalue weighted by molar-refractivity contribution is 6.17. The zero-order valence-corrected chi connectivity index (χ0v) is 21.3. The second-order valence-electron chi connectivity index (χ2n) is 7.34. The minimum absolute atomic E-state index is 0. The molecule has 1 N–H and O–H groups in total. The quantitative estimate of drug-likeness (QED) is 0.364. The van der Waals surface area contributed by atoms with Crippen LogP contribution in [0, 0.1) is 0 Å². The molecule has 1 aliphatic heterocycles. The zero-order valence-electron chi connectivity index (χ0n) is 20.6. The largest absolute Gasteiger partial charge is 0.508 e. The second kappa shape index (κ2) is 23.3. The number of phenolic OH excluding ortho intramolecular Hbond substituents is 1. The molecule has 0 aliphatic carbocycles. The predicted octanol–water partition coefficient (Wildman–Crippen LogP) is 5.59. The molecule has 1 aliphatic rings. The number of methoxy groups -OCH3 is 2. The van der Waals surface area contributed by atoms with Gasteiger partial charge in [-0.2, -0.15) is 0 Å². The van der Waals surface area contributed by atoms with E-state index in [2.05, 4.69) is 4.74 Å². The first-order valence-electron chi connectivity index (χ1n) is 10.9. The summed E-state index contributed by atoms with van der Waals surface area (Å²) in [6.07, 6.45) is 3.40. The number of alkyl halides is 1. The van der Waals surface area contributed by atoms with Crippen molar-refractivity contribution in [3.63, 3.8) is 0 Å². The standard InChI is InChI=1S/C11H14O3.C9H10O2.C4H8O.C2H5ClO.CH4/c1-9(12)6-10-4-3-5-11(7-10)14-8-13-2;1-7(10)5-8-3-2-4-9(11)6-8;1-2-4-5-3-1;1-4-2-3;/h3-5,7H,6,8H2,1-2H3;2-4,6,11H,5H2,1H3;1-4H2;2H2,1H3;1H4. The topological polar surface area (TPSA) is 91.3 Å². The van der Waals surface area contributed by atoms with E-state index in [9.17, 15) is 9.59 Å². The van der Waals surface area contributed by atoms with Crippen LogP contribution in [0.2, 0.25) is 0 Å². The summed E-state index contributed by atoms with van der Waals surface area (Å²) < 4.78 is 19.3. The summed E-state index contributed by atoms with van der Waals surface area (Å²) in [5, 5.41) is 9.01. The normalized spacial score (nSPS) is 11.2. The number of ether oxygens (including phenoxy) is 4. The van der Waals surface area contributed by atoms with Crippen molar-refractivity contribution in [2.24, 2.45) is 0 Å². The lowest BCUT2D eigenvalue weighted by Crippen LogP contribution is -2.00. The third-order valence-corrected chi connectivity index (χ3v) is 4.21. The number of hydrogen-bond acceptors (Lipinski definition) is 7. The van der Waals surface area contributed by atoms with Gasteiger partial charge in [0.05, 0.1) is 0 Å². The maximum Gasteiger partial charge on any atom is 0.188 e. The van der Waals surface area contributed by atoms with Gasteiger partial charge in [0.2, 0.25) is 0 Å². The van der Waals surface area contributed by atoms with Gasteiger partial charge in [0.1, 0.15) is 29.1 Å². The molecule has 0 unspecified atom stereocenters. The molecule has 0 atom stereocenters. The number of carbonyl (C=O) groups excluding carboxylic acids is 2. The van der Waals surface area contributed by atoms with Gasteiger partial charge >= 0.3 is 0 Å². The fraction of sp³-hybridized carbons (Fsp3) is 0.481. The van der Waals surface area contributed by atoms with E-state index in [0.717, 1.165) is 30.1 Å². The predicted molar refractivity (Wildman–Crippen MR) is 140 cm³/mol. The van der Waals surface area contributed by atoms with Crippen molar-refractivity contribution in [1.29, 1.82) is 0 Å². The first-order valence-corrected chi connectivity index (χ1v) is 11.5. The van der Waals surface area contributed by atoms with Gasteiger partial charge in [-0.3, -0.25) is 9.59 Å². The SMILES string of the molecule is C.C1CCOC1.CC(=O)Cc1cccc(O)c1.COCCl.COCOc1cccc(CC(C)=O)c1. The van der Waals surface area contributed by atoms with Crippen LogP contribution >= 0.6 is 11.6 Å². The van der Waals surface area contributed by atoms with E-state index in [1.54, 1.807) is 39.3 Å². The van der Waals surface area contributed by atoms with Gasteiger partial charge in [0, 0.05) is 40.3 Å². The molecule has 0 aromatic heterocycles. The van der Waals surface area contributed by atoms with Crippen molar-refractivity contribution in [3.8, 4) is 11.5 Å². The Bertz CT molecular complexity index is 798. The highest BCUT2D eigenvalue weighted by Gasteiger charge is 2.00. The molecule has 1 heterocycles. The van der Waals surface area contributed by atoms with Crippen LogP contribution in [0.5, 0.6) is 11.5 Å². The Hall–Kier alpha value is -2.45. The number of carbonyl (C=O) groups is 2. The first-order chi connectivity index (χ1) is 16.3. The smallest absolute Gasteiger partial charge is 0.188 e. The lowest BCUT2D eigenvalue weighted by atomic mass is 10.1. The number of hydrogen-bond donors (Lipinski definition) is 1. The Morgan fingerprint density at radius 2 is 1.43 bits per heavy atom. The third kappa shape index (κ3) is 21.8. The minimum atomic E-state index is 0. The van der Waals surface area contributed by atoms with Crippen LogP contribution in [0.4, 0.5) is 0 Å². The molecule has 2 aromatic rings. The zero-order chi connectivity index (χ0) is 25.6. The van der Waals surface area contributed by atoms with Gasteiger partial charge < -0.3 is 24.1 Å². The Balaban J connectivity index is 0. The van der Waals surface area contributed by atoms with E-state index in [1.807, 2.05) is 30.3 Å². The third-order valence-electron chi connectivity index (χ3n) is 4.00. The average molecular weight is 513 g/mol. The van der Waals surface area contributed by atoms with Crippen LogP contribution in [-0.2, 0) is 36.6 Å². The lowest BCUT2D eigenvalue weighted by molar-refractivity contribution is -0.117. The van der Waals surface area contributed by atoms with Crippen LogP contribution in [-0.4, -0.2) is 57.0 Å². The van der Waals surface area contributed by atoms with Gasteiger partial charge in [0.15, 0.2) is 6.79 Å². The molecule has 0 amide bonds. The Kier molecular flexibility index (Phi) is 23.1. The molecule has 8 heteroatoms. The fourth-order valence-electron chi connectivity index (χ4n) is 2.62. The number of phenols is 1. The lowest BCUT2D eigenvalue weighted by Gasteiger charge is -2.05. The summed E-state index contributed by atoms with van der Waals surface area (Å²) in [6, 6.07) is 14.5. The number of halogens is 1. The van der Waals surface area contributed by atoms with Crippen molar-refractivity contribution in [2.75, 3.05) is 40.3 Å². The molecule has 2 aromatic carbocycles. The Labute approximate surface area is 215 Å². The van der Waals surface area contributed by atoms with Gasteiger partial charge in [-0.1, -0.05) is 43.3 Å². The number of Topliss-reactive ketones (excluding diaryl/α,β-unsaturated/α-hetero) is 2. The summed E-state index contributed by atoms with van der Waals surface area (Å²) >= 11 is 4.96. The molecular weight excluding hydrogens is 472 g/mol. The molecule has 35 heavy (non-hydrogen) atoms. The van der Waals surface area contributed by atoms with E-state index in [-0.39, 0.29) is 31.5 Å². The number of aromatic hydroxyl groups is 1. The second-order valence-corrected chi connectivity index (χ2v) is 7.56. The molecule has 7 nitrogen and oxygen atoms in total. The van der Waals surface area contributed by atoms with Crippen molar-refractivity contribution in [2.45, 2.75) is 47.0 Å². The van der Waals surface area contributed by atoms with E-state index in [4.69, 9.17) is 30.9 Å². The van der Waals surface area contributed by atoms with E-state index in [1.165, 1.54) is 19.8 Å². The first kappa shape index (κ1) is 34.7. The molecule has 1 saturated heterocycles. The number of benzene rings is 2. The van der Waals surface area contributed by atoms with Gasteiger partial charge in [0.25, 0.3) is 0 Å². The molecule has 3 rings (SSSR count). The Morgan fingerprint density at radius 3 is 1.83 bits per heavy atom. The molecule has 1 fully saturated rings. The fourth-order valence-corrected chi connectivity index (χ4v) is 2.62. The Morgan fingerprint density at radius 1 is 0.914 bits per heavy atom. The van der Waals surface area contributed by atoms with E-state index < -0.39 is 0 Å². The molecule has 198 valence electrons. The molecule has 0 spiro atoms. The van der Waals surface area contributed by atoms with Gasteiger partial charge in [-0.15, -0.1) is 0 Å². The van der Waals surface area contributed by atoms with Crippen molar-refractivity contribution >= 4 is 23.2 Å². The van der Waals surface area contributed by atoms with Crippen LogP contribution in [0.3, 0.4) is 0 Å². The summed E-state index contributed by atoms with van der Waals surface area (Å²) in [7, 11) is 3.12. The summed E-state index contributed by atoms with van der Waals surface area (Å²) in [5.41, 5.74) is 1.82. The van der Waals surface area contributed by atoms with Crippen molar-refractivity contribution in [1.82, 2.24) is 0 Å². The number of ketones is 2. The molecule has 0 saturated carbocycles. The summed E-state index contributed by atoms with van der Waals surface area (Å²) in [5.74, 6) is 1.19.